The molecule has 3 heterocycles. The Bertz CT molecular complexity index is 1350. The number of carbonyl (C=O) groups excluding carboxylic acids is 1. The molecule has 186 valence electrons. The van der Waals surface area contributed by atoms with E-state index < -0.39 is 45.0 Å². The summed E-state index contributed by atoms with van der Waals surface area (Å²) < 4.78 is 67.0. The van der Waals surface area contributed by atoms with E-state index in [1.165, 1.54) is 23.4 Å². The van der Waals surface area contributed by atoms with Crippen molar-refractivity contribution in [2.75, 3.05) is 17.7 Å². The first-order valence-corrected chi connectivity index (χ1v) is 12.9. The molecule has 1 aliphatic heterocycles. The monoisotopic (exact) mass is 507 g/mol. The number of urea groups is 1. The van der Waals surface area contributed by atoms with Crippen molar-refractivity contribution < 1.29 is 26.4 Å². The van der Waals surface area contributed by atoms with Crippen LogP contribution in [0.1, 0.15) is 43.5 Å². The maximum absolute atomic E-state index is 14.4. The molecule has 4 rings (SSSR count). The SMILES string of the molecule is CCC[C@H](NC(=O)N1CCCc2c1cnn2-c1c(F)cc(F)cc1F)c1ccnc(S(C)(=O)=O)c1. The number of fused-ring (bicyclic) bond motifs is 1. The van der Waals surface area contributed by atoms with Gasteiger partial charge in [0.2, 0.25) is 0 Å². The summed E-state index contributed by atoms with van der Waals surface area (Å²) in [6.45, 7) is 2.29. The van der Waals surface area contributed by atoms with Gasteiger partial charge in [-0.15, -0.1) is 0 Å². The van der Waals surface area contributed by atoms with Crippen LogP contribution in [0.25, 0.3) is 5.69 Å². The third-order valence-corrected chi connectivity index (χ3v) is 6.77. The summed E-state index contributed by atoms with van der Waals surface area (Å²) in [6, 6.07) is 3.30. The minimum absolute atomic E-state index is 0.0877. The Morgan fingerprint density at radius 2 is 1.91 bits per heavy atom. The first-order valence-electron chi connectivity index (χ1n) is 11.1. The van der Waals surface area contributed by atoms with E-state index in [2.05, 4.69) is 15.4 Å². The van der Waals surface area contributed by atoms with Crippen LogP contribution in [0, 0.1) is 17.5 Å². The Hall–Kier alpha value is -3.41. The summed E-state index contributed by atoms with van der Waals surface area (Å²) in [6.07, 6.45) is 5.98. The van der Waals surface area contributed by atoms with Gasteiger partial charge in [0.05, 0.1) is 23.6 Å². The van der Waals surface area contributed by atoms with Gasteiger partial charge in [0, 0.05) is 31.1 Å². The molecule has 0 unspecified atom stereocenters. The highest BCUT2D eigenvalue weighted by atomic mass is 32.2. The fraction of sp³-hybridized carbons (Fsp3) is 0.348. The van der Waals surface area contributed by atoms with Gasteiger partial charge in [-0.1, -0.05) is 13.3 Å². The summed E-state index contributed by atoms with van der Waals surface area (Å²) >= 11 is 0. The zero-order chi connectivity index (χ0) is 25.3. The molecule has 8 nitrogen and oxygen atoms in total. The molecule has 0 spiro atoms. The fourth-order valence-corrected chi connectivity index (χ4v) is 4.77. The lowest BCUT2D eigenvalue weighted by molar-refractivity contribution is 0.241. The maximum atomic E-state index is 14.4. The molecule has 1 aromatic carbocycles. The second-order valence-corrected chi connectivity index (χ2v) is 10.3. The quantitative estimate of drug-likeness (QED) is 0.542. The number of aromatic nitrogens is 3. The molecular formula is C23H24F3N5O3S. The molecule has 0 radical (unpaired) electrons. The summed E-state index contributed by atoms with van der Waals surface area (Å²) in [5.41, 5.74) is 0.896. The van der Waals surface area contributed by atoms with E-state index in [-0.39, 0.29) is 5.03 Å². The van der Waals surface area contributed by atoms with E-state index in [0.29, 0.717) is 61.3 Å². The van der Waals surface area contributed by atoms with Crippen molar-refractivity contribution in [2.24, 2.45) is 0 Å². The number of hydrogen-bond donors (Lipinski definition) is 1. The minimum atomic E-state index is -3.53. The topological polar surface area (TPSA) is 97.2 Å². The maximum Gasteiger partial charge on any atom is 0.322 e. The van der Waals surface area contributed by atoms with Crippen molar-refractivity contribution in [1.29, 1.82) is 0 Å². The number of sulfone groups is 1. The molecule has 3 aromatic rings. The molecule has 35 heavy (non-hydrogen) atoms. The van der Waals surface area contributed by atoms with E-state index in [0.717, 1.165) is 10.9 Å². The molecule has 0 bridgehead atoms. The van der Waals surface area contributed by atoms with Gasteiger partial charge in [0.1, 0.15) is 11.5 Å². The van der Waals surface area contributed by atoms with Gasteiger partial charge in [-0.2, -0.15) is 5.10 Å². The van der Waals surface area contributed by atoms with Crippen molar-refractivity contribution in [3.8, 4) is 5.69 Å². The van der Waals surface area contributed by atoms with Crippen molar-refractivity contribution >= 4 is 21.6 Å². The number of anilines is 1. The Morgan fingerprint density at radius 3 is 2.57 bits per heavy atom. The molecule has 12 heteroatoms. The van der Waals surface area contributed by atoms with Crippen LogP contribution < -0.4 is 10.2 Å². The summed E-state index contributed by atoms with van der Waals surface area (Å²) in [7, 11) is -3.53. The van der Waals surface area contributed by atoms with Crippen LogP contribution in [0.4, 0.5) is 23.7 Å². The number of carbonyl (C=O) groups is 1. The minimum Gasteiger partial charge on any atom is -0.331 e. The van der Waals surface area contributed by atoms with Crippen molar-refractivity contribution in [2.45, 2.75) is 43.7 Å². The van der Waals surface area contributed by atoms with Crippen LogP contribution in [0.5, 0.6) is 0 Å². The Kier molecular flexibility index (Phi) is 6.84. The third-order valence-electron chi connectivity index (χ3n) is 5.79. The average molecular weight is 508 g/mol. The standard InChI is InChI=1S/C23H24F3N5O3S/c1-3-5-18(14-7-8-27-21(10-14)35(2,33)34)29-23(32)30-9-4-6-19-20(30)13-28-31(19)22-16(25)11-15(24)12-17(22)26/h7-8,10-13,18H,3-6,9H2,1-2H3,(H,29,32)/t18-/m0/s1. The van der Waals surface area contributed by atoms with Gasteiger partial charge in [-0.25, -0.2) is 36.0 Å². The Balaban J connectivity index is 1.64. The van der Waals surface area contributed by atoms with Gasteiger partial charge in [0.25, 0.3) is 0 Å². The van der Waals surface area contributed by atoms with Crippen LogP contribution in [-0.4, -0.2) is 42.0 Å². The van der Waals surface area contributed by atoms with Crippen LogP contribution in [0.15, 0.2) is 41.7 Å². The van der Waals surface area contributed by atoms with Gasteiger partial charge >= 0.3 is 6.03 Å². The first kappa shape index (κ1) is 24.7. The smallest absolute Gasteiger partial charge is 0.322 e. The fourth-order valence-electron chi connectivity index (χ4n) is 4.17. The number of amides is 2. The lowest BCUT2D eigenvalue weighted by Gasteiger charge is -2.30. The predicted molar refractivity (Wildman–Crippen MR) is 123 cm³/mol. The Morgan fingerprint density at radius 1 is 1.20 bits per heavy atom. The molecule has 1 N–H and O–H groups in total. The van der Waals surface area contributed by atoms with Crippen molar-refractivity contribution in [3.63, 3.8) is 0 Å². The highest BCUT2D eigenvalue weighted by Crippen LogP contribution is 2.31. The van der Waals surface area contributed by atoms with E-state index in [9.17, 15) is 26.4 Å². The normalized spacial score (nSPS) is 14.5. The number of hydrogen-bond acceptors (Lipinski definition) is 5. The number of nitrogens with zero attached hydrogens (tertiary/aromatic N) is 4. The molecule has 0 fully saturated rings. The van der Waals surface area contributed by atoms with Crippen LogP contribution in [-0.2, 0) is 16.3 Å². The van der Waals surface area contributed by atoms with E-state index in [1.54, 1.807) is 6.07 Å². The molecule has 0 saturated heterocycles. The van der Waals surface area contributed by atoms with E-state index in [1.807, 2.05) is 6.92 Å². The van der Waals surface area contributed by atoms with E-state index in [4.69, 9.17) is 0 Å². The van der Waals surface area contributed by atoms with Crippen LogP contribution in [0.2, 0.25) is 0 Å². The van der Waals surface area contributed by atoms with Crippen molar-refractivity contribution in [1.82, 2.24) is 20.1 Å². The van der Waals surface area contributed by atoms with Gasteiger partial charge in [-0.3, -0.25) is 4.90 Å². The van der Waals surface area contributed by atoms with Crippen LogP contribution in [0.3, 0.4) is 0 Å². The number of rotatable bonds is 6. The molecule has 2 amide bonds. The van der Waals surface area contributed by atoms with Crippen LogP contribution >= 0.6 is 0 Å². The number of nitrogens with one attached hydrogen (secondary N) is 1. The molecule has 2 aromatic heterocycles. The van der Waals surface area contributed by atoms with E-state index >= 15 is 0 Å². The highest BCUT2D eigenvalue weighted by Gasteiger charge is 2.30. The largest absolute Gasteiger partial charge is 0.331 e. The molecule has 1 aliphatic rings. The first-order chi connectivity index (χ1) is 16.6. The zero-order valence-corrected chi connectivity index (χ0v) is 19.9. The predicted octanol–water partition coefficient (Wildman–Crippen LogP) is 4.09. The van der Waals surface area contributed by atoms with Gasteiger partial charge in [-0.05, 0) is 37.0 Å². The second kappa shape index (κ2) is 9.68. The summed E-state index contributed by atoms with van der Waals surface area (Å²) in [5.74, 6) is -3.24. The second-order valence-electron chi connectivity index (χ2n) is 8.35. The number of pyridine rings is 1. The summed E-state index contributed by atoms with van der Waals surface area (Å²) in [5, 5.41) is 6.93. The number of halogens is 3. The molecule has 0 saturated carbocycles. The number of benzene rings is 1. The third kappa shape index (κ3) is 5.02. The van der Waals surface area contributed by atoms with Crippen molar-refractivity contribution in [3.05, 3.63) is 65.4 Å². The average Bonchev–Trinajstić information content (AvgIpc) is 3.21. The molecule has 0 aliphatic carbocycles. The molecular weight excluding hydrogens is 483 g/mol. The zero-order valence-electron chi connectivity index (χ0n) is 19.1. The highest BCUT2D eigenvalue weighted by molar-refractivity contribution is 7.90. The Labute approximate surface area is 200 Å². The summed E-state index contributed by atoms with van der Waals surface area (Å²) in [4.78, 5) is 18.6. The van der Waals surface area contributed by atoms with Gasteiger partial charge in [0.15, 0.2) is 26.5 Å². The lowest BCUT2D eigenvalue weighted by atomic mass is 10.0. The lowest BCUT2D eigenvalue weighted by Crippen LogP contribution is -2.44. The molecule has 1 atom stereocenters. The van der Waals surface area contributed by atoms with Gasteiger partial charge < -0.3 is 5.32 Å².